The van der Waals surface area contributed by atoms with E-state index in [0.717, 1.165) is 55.7 Å². The molecule has 1 amide bonds. The van der Waals surface area contributed by atoms with Crippen molar-refractivity contribution in [3.05, 3.63) is 58.7 Å². The molecule has 1 aliphatic carbocycles. The average Bonchev–Trinajstić information content (AvgIpc) is 3.07. The molecule has 2 bridgehead atoms. The fourth-order valence-electron chi connectivity index (χ4n) is 5.96. The largest absolute Gasteiger partial charge is 0.445 e. The lowest BCUT2D eigenvalue weighted by atomic mass is 9.85. The monoisotopic (exact) mass is 526 g/mol. The minimum atomic E-state index is -4.92. The van der Waals surface area contributed by atoms with Crippen LogP contribution in [0, 0.1) is 11.3 Å². The number of alkyl carbamates (subject to hydrolysis) is 1. The molecule has 0 aromatic heterocycles. The minimum absolute atomic E-state index is 0.126. The number of carbonyl (C=O) groups is 1. The molecule has 6 rings (SSSR count). The summed E-state index contributed by atoms with van der Waals surface area (Å²) < 4.78 is 85.8. The van der Waals surface area contributed by atoms with Gasteiger partial charge in [0.05, 0.1) is 17.2 Å². The highest BCUT2D eigenvalue weighted by atomic mass is 19.4. The summed E-state index contributed by atoms with van der Waals surface area (Å²) in [6, 6.07) is 5.98. The molecule has 2 aromatic rings. The summed E-state index contributed by atoms with van der Waals surface area (Å²) in [7, 11) is 0. The Morgan fingerprint density at radius 2 is 1.57 bits per heavy atom. The number of fused-ring (bicyclic) bond motifs is 4. The maximum Gasteiger partial charge on any atom is 0.416 e. The molecule has 0 saturated carbocycles. The quantitative estimate of drug-likeness (QED) is 0.446. The van der Waals surface area contributed by atoms with Crippen molar-refractivity contribution in [2.75, 3.05) is 19.6 Å². The molecule has 10 heteroatoms. The third-order valence-electron chi connectivity index (χ3n) is 7.92. The molecule has 3 fully saturated rings. The zero-order chi connectivity index (χ0) is 26.8. The van der Waals surface area contributed by atoms with Gasteiger partial charge in [0.15, 0.2) is 0 Å². The molecule has 0 radical (unpaired) electrons. The fraction of sp³-hybridized carbons (Fsp3) is 0.519. The molecular weight excluding hydrogens is 498 g/mol. The van der Waals surface area contributed by atoms with Crippen molar-refractivity contribution in [2.24, 2.45) is 11.3 Å². The van der Waals surface area contributed by atoms with Crippen molar-refractivity contribution in [1.82, 2.24) is 10.2 Å². The molecule has 2 unspecified atom stereocenters. The van der Waals surface area contributed by atoms with Crippen LogP contribution in [0.3, 0.4) is 0 Å². The minimum Gasteiger partial charge on any atom is -0.445 e. The van der Waals surface area contributed by atoms with Crippen molar-refractivity contribution >= 4 is 6.09 Å². The van der Waals surface area contributed by atoms with Crippen LogP contribution in [-0.2, 0) is 23.5 Å². The zero-order valence-electron chi connectivity index (χ0n) is 20.5. The second-order valence-electron chi connectivity index (χ2n) is 11.0. The molecular formula is C27H28F6N2O2. The van der Waals surface area contributed by atoms with Crippen LogP contribution in [0.1, 0.15) is 55.0 Å². The van der Waals surface area contributed by atoms with Crippen molar-refractivity contribution in [3.8, 4) is 11.1 Å². The van der Waals surface area contributed by atoms with E-state index in [1.165, 1.54) is 6.07 Å². The van der Waals surface area contributed by atoms with Gasteiger partial charge in [-0.3, -0.25) is 4.90 Å². The standard InChI is InChI=1S/C27H28F6N2O2/c1-25(2)13-18-9-16(17-10-19(26(28,29)30)12-20(11-17)27(31,32)33)3-4-21(18)23(25)34-24(36)37-22-14-35-7-5-15(22)6-8-35/h3-4,9-12,15,22-23H,5-8,13-14H2,1-2H3,(H,34,36). The highest BCUT2D eigenvalue weighted by molar-refractivity contribution is 5.71. The Bertz CT molecular complexity index is 1170. The van der Waals surface area contributed by atoms with Crippen LogP contribution >= 0.6 is 0 Å². The first-order valence-electron chi connectivity index (χ1n) is 12.3. The lowest BCUT2D eigenvalue weighted by molar-refractivity contribution is -0.143. The van der Waals surface area contributed by atoms with Crippen LogP contribution in [0.5, 0.6) is 0 Å². The maximum atomic E-state index is 13.3. The Morgan fingerprint density at radius 1 is 0.946 bits per heavy atom. The van der Waals surface area contributed by atoms with Crippen molar-refractivity contribution in [3.63, 3.8) is 0 Å². The van der Waals surface area contributed by atoms with Gasteiger partial charge in [0.25, 0.3) is 0 Å². The van der Waals surface area contributed by atoms with Crippen molar-refractivity contribution < 1.29 is 35.9 Å². The molecule has 4 nitrogen and oxygen atoms in total. The number of alkyl halides is 6. The first-order valence-corrected chi connectivity index (χ1v) is 12.3. The van der Waals surface area contributed by atoms with Gasteiger partial charge in [-0.15, -0.1) is 0 Å². The number of halogens is 6. The molecule has 2 atom stereocenters. The summed E-state index contributed by atoms with van der Waals surface area (Å²) in [5.41, 5.74) is -1.51. The number of carbonyl (C=O) groups excluding carboxylic acids is 1. The highest BCUT2D eigenvalue weighted by Gasteiger charge is 2.42. The van der Waals surface area contributed by atoms with Gasteiger partial charge in [0.2, 0.25) is 0 Å². The summed E-state index contributed by atoms with van der Waals surface area (Å²) in [4.78, 5) is 15.1. The fourth-order valence-corrected chi connectivity index (χ4v) is 5.96. The topological polar surface area (TPSA) is 41.6 Å². The van der Waals surface area contributed by atoms with Crippen LogP contribution < -0.4 is 5.32 Å². The first kappa shape index (κ1) is 25.9. The van der Waals surface area contributed by atoms with E-state index in [9.17, 15) is 31.1 Å². The number of benzene rings is 2. The number of ether oxygens (including phenoxy) is 1. The predicted octanol–water partition coefficient (Wildman–Crippen LogP) is 6.84. The molecule has 4 aliphatic rings. The molecule has 3 heterocycles. The van der Waals surface area contributed by atoms with E-state index in [1.807, 2.05) is 13.8 Å². The average molecular weight is 527 g/mol. The number of piperidine rings is 3. The van der Waals surface area contributed by atoms with Gasteiger partial charge in [0.1, 0.15) is 6.10 Å². The molecule has 2 aromatic carbocycles. The number of nitrogens with one attached hydrogen (secondary N) is 1. The highest BCUT2D eigenvalue weighted by Crippen LogP contribution is 2.47. The van der Waals surface area contributed by atoms with E-state index in [0.29, 0.717) is 12.3 Å². The van der Waals surface area contributed by atoms with Crippen molar-refractivity contribution in [2.45, 2.75) is 57.6 Å². The van der Waals surface area contributed by atoms with E-state index < -0.39 is 41.0 Å². The van der Waals surface area contributed by atoms with Crippen LogP contribution in [0.25, 0.3) is 11.1 Å². The second kappa shape index (κ2) is 8.92. The smallest absolute Gasteiger partial charge is 0.416 e. The van der Waals surface area contributed by atoms with Gasteiger partial charge in [-0.1, -0.05) is 32.0 Å². The van der Waals surface area contributed by atoms with Gasteiger partial charge < -0.3 is 10.1 Å². The van der Waals surface area contributed by atoms with Gasteiger partial charge in [-0.05, 0) is 84.1 Å². The summed E-state index contributed by atoms with van der Waals surface area (Å²) in [5, 5.41) is 2.97. The van der Waals surface area contributed by atoms with Gasteiger partial charge >= 0.3 is 18.4 Å². The van der Waals surface area contributed by atoms with Gasteiger partial charge in [0, 0.05) is 6.54 Å². The first-order chi connectivity index (χ1) is 17.2. The number of rotatable bonds is 3. The number of amides is 1. The van der Waals surface area contributed by atoms with E-state index in [1.54, 1.807) is 12.1 Å². The lowest BCUT2D eigenvalue weighted by Gasteiger charge is -2.44. The number of hydrogen-bond acceptors (Lipinski definition) is 3. The van der Waals surface area contributed by atoms with E-state index >= 15 is 0 Å². The molecule has 1 N–H and O–H groups in total. The summed E-state index contributed by atoms with van der Waals surface area (Å²) in [6.45, 7) is 6.68. The molecule has 37 heavy (non-hydrogen) atoms. The Kier molecular flexibility index (Phi) is 6.24. The molecule has 0 spiro atoms. The third-order valence-corrected chi connectivity index (χ3v) is 7.92. The SMILES string of the molecule is CC1(C)Cc2cc(-c3cc(C(F)(F)F)cc(C(F)(F)F)c3)ccc2C1NC(=O)OC1CN2CCC1CC2. The van der Waals surface area contributed by atoms with Gasteiger partial charge in [-0.2, -0.15) is 26.3 Å². The Labute approximate surface area is 211 Å². The second-order valence-corrected chi connectivity index (χ2v) is 11.0. The summed E-state index contributed by atoms with van der Waals surface area (Å²) in [5.74, 6) is 0.358. The summed E-state index contributed by atoms with van der Waals surface area (Å²) >= 11 is 0. The van der Waals surface area contributed by atoms with Crippen LogP contribution in [0.4, 0.5) is 31.1 Å². The van der Waals surface area contributed by atoms with E-state index in [4.69, 9.17) is 4.74 Å². The van der Waals surface area contributed by atoms with Crippen LogP contribution in [-0.4, -0.2) is 36.7 Å². The molecule has 3 saturated heterocycles. The summed E-state index contributed by atoms with van der Waals surface area (Å²) in [6.07, 6.45) is -8.00. The third kappa shape index (κ3) is 5.17. The Morgan fingerprint density at radius 3 is 2.11 bits per heavy atom. The normalized spacial score (nSPS) is 26.6. The Hall–Kier alpha value is -2.75. The maximum absolute atomic E-state index is 13.3. The predicted molar refractivity (Wildman–Crippen MR) is 125 cm³/mol. The van der Waals surface area contributed by atoms with Crippen LogP contribution in [0.2, 0.25) is 0 Å². The van der Waals surface area contributed by atoms with E-state index in [-0.39, 0.29) is 23.3 Å². The van der Waals surface area contributed by atoms with Crippen molar-refractivity contribution in [1.29, 1.82) is 0 Å². The number of nitrogens with zero attached hydrogens (tertiary/aromatic N) is 1. The van der Waals surface area contributed by atoms with Crippen LogP contribution in [0.15, 0.2) is 36.4 Å². The van der Waals surface area contributed by atoms with Gasteiger partial charge in [-0.25, -0.2) is 4.79 Å². The van der Waals surface area contributed by atoms with E-state index in [2.05, 4.69) is 10.2 Å². The zero-order valence-corrected chi connectivity index (χ0v) is 20.5. The molecule has 200 valence electrons. The Balaban J connectivity index is 1.40. The number of hydrogen-bond donors (Lipinski definition) is 1. The lowest BCUT2D eigenvalue weighted by Crippen LogP contribution is -2.53. The molecule has 3 aliphatic heterocycles.